The fourth-order valence-corrected chi connectivity index (χ4v) is 2.25. The summed E-state index contributed by atoms with van der Waals surface area (Å²) in [5, 5.41) is 11.3. The van der Waals surface area contributed by atoms with Crippen LogP contribution in [0, 0.1) is 6.92 Å². The number of aryl methyl sites for hydroxylation is 1. The first kappa shape index (κ1) is 15.1. The number of carbonyl (C=O) groups excluding carboxylic acids is 2. The number of carboxylic acid groups (broad SMARTS) is 1. The van der Waals surface area contributed by atoms with E-state index >= 15 is 0 Å². The summed E-state index contributed by atoms with van der Waals surface area (Å²) in [4.78, 5) is 23.2. The molecule has 0 fully saturated rings. The second kappa shape index (κ2) is 5.97. The molecular weight excluding hydrogens is 290 g/mol. The fraction of sp³-hybridized carbons (Fsp3) is 0.125. The Labute approximate surface area is 127 Å². The SMILES string of the molecule is Cc1cc(CC(=O)[O-])c(N)c(C(=O)c2ccc(Cl)cc2)c1. The molecular formula is C16H13ClNO3-. The summed E-state index contributed by atoms with van der Waals surface area (Å²) in [7, 11) is 0. The first-order chi connectivity index (χ1) is 9.88. The average molecular weight is 303 g/mol. The van der Waals surface area contributed by atoms with Gasteiger partial charge in [0.25, 0.3) is 0 Å². The Morgan fingerprint density at radius 2 is 1.81 bits per heavy atom. The molecule has 2 rings (SSSR count). The smallest absolute Gasteiger partial charge is 0.195 e. The van der Waals surface area contributed by atoms with Gasteiger partial charge < -0.3 is 15.6 Å². The Kier molecular flexibility index (Phi) is 4.29. The van der Waals surface area contributed by atoms with Gasteiger partial charge in [0.15, 0.2) is 5.78 Å². The highest BCUT2D eigenvalue weighted by molar-refractivity contribution is 6.30. The number of nitrogens with two attached hydrogens (primary N) is 1. The minimum atomic E-state index is -1.24. The van der Waals surface area contributed by atoms with Crippen LogP contribution in [-0.4, -0.2) is 11.8 Å². The summed E-state index contributed by atoms with van der Waals surface area (Å²) in [6.45, 7) is 1.77. The summed E-state index contributed by atoms with van der Waals surface area (Å²) < 4.78 is 0. The molecule has 4 nitrogen and oxygen atoms in total. The number of carbonyl (C=O) groups is 2. The Hall–Kier alpha value is -2.33. The van der Waals surface area contributed by atoms with Crippen LogP contribution in [0.15, 0.2) is 36.4 Å². The van der Waals surface area contributed by atoms with Crippen LogP contribution < -0.4 is 10.8 Å². The van der Waals surface area contributed by atoms with Crippen LogP contribution in [0.3, 0.4) is 0 Å². The fourth-order valence-electron chi connectivity index (χ4n) is 2.12. The molecule has 0 saturated carbocycles. The number of nitrogen functional groups attached to an aromatic ring is 1. The molecule has 21 heavy (non-hydrogen) atoms. The molecule has 5 heteroatoms. The normalized spacial score (nSPS) is 10.4. The van der Waals surface area contributed by atoms with Crippen LogP contribution in [0.5, 0.6) is 0 Å². The molecule has 0 aromatic heterocycles. The zero-order valence-corrected chi connectivity index (χ0v) is 12.1. The van der Waals surface area contributed by atoms with Crippen LogP contribution in [0.2, 0.25) is 5.02 Å². The van der Waals surface area contributed by atoms with Gasteiger partial charge >= 0.3 is 0 Å². The van der Waals surface area contributed by atoms with Gasteiger partial charge in [0, 0.05) is 34.2 Å². The van der Waals surface area contributed by atoms with Crippen LogP contribution in [0.4, 0.5) is 5.69 Å². The van der Waals surface area contributed by atoms with E-state index in [0.29, 0.717) is 16.1 Å². The molecule has 0 unspecified atom stereocenters. The highest BCUT2D eigenvalue weighted by Gasteiger charge is 2.15. The summed E-state index contributed by atoms with van der Waals surface area (Å²) in [5.41, 5.74) is 7.97. The van der Waals surface area contributed by atoms with Crippen molar-refractivity contribution in [3.8, 4) is 0 Å². The van der Waals surface area contributed by atoms with Crippen molar-refractivity contribution in [3.63, 3.8) is 0 Å². The van der Waals surface area contributed by atoms with Crippen molar-refractivity contribution < 1.29 is 14.7 Å². The van der Waals surface area contributed by atoms with Gasteiger partial charge in [0.05, 0.1) is 0 Å². The maximum absolute atomic E-state index is 12.5. The molecule has 0 atom stereocenters. The summed E-state index contributed by atoms with van der Waals surface area (Å²) in [6, 6.07) is 9.72. The molecule has 2 N–H and O–H groups in total. The minimum Gasteiger partial charge on any atom is -0.550 e. The monoisotopic (exact) mass is 302 g/mol. The van der Waals surface area contributed by atoms with E-state index in [4.69, 9.17) is 17.3 Å². The van der Waals surface area contributed by atoms with E-state index in [2.05, 4.69) is 0 Å². The molecule has 108 valence electrons. The van der Waals surface area contributed by atoms with Gasteiger partial charge in [-0.25, -0.2) is 0 Å². The Morgan fingerprint density at radius 1 is 1.19 bits per heavy atom. The number of aliphatic carboxylic acids is 1. The van der Waals surface area contributed by atoms with Crippen molar-refractivity contribution in [2.45, 2.75) is 13.3 Å². The standard InChI is InChI=1S/C16H14ClNO3/c1-9-6-11(8-14(19)20)15(18)13(7-9)16(21)10-2-4-12(17)5-3-10/h2-7H,8,18H2,1H3,(H,19,20)/p-1. The summed E-state index contributed by atoms with van der Waals surface area (Å²) in [6.07, 6.45) is -0.325. The third-order valence-corrected chi connectivity index (χ3v) is 3.35. The highest BCUT2D eigenvalue weighted by atomic mass is 35.5. The van der Waals surface area contributed by atoms with Crippen LogP contribution in [-0.2, 0) is 11.2 Å². The molecule has 0 amide bonds. The lowest BCUT2D eigenvalue weighted by molar-refractivity contribution is -0.304. The van der Waals surface area contributed by atoms with E-state index < -0.39 is 5.97 Å². The topological polar surface area (TPSA) is 83.2 Å². The lowest BCUT2D eigenvalue weighted by atomic mass is 9.95. The number of rotatable bonds is 4. The van der Waals surface area contributed by atoms with Crippen molar-refractivity contribution in [1.82, 2.24) is 0 Å². The van der Waals surface area contributed by atoms with Crippen molar-refractivity contribution >= 4 is 29.0 Å². The van der Waals surface area contributed by atoms with Crippen molar-refractivity contribution in [3.05, 3.63) is 63.7 Å². The van der Waals surface area contributed by atoms with E-state index in [1.54, 1.807) is 43.3 Å². The van der Waals surface area contributed by atoms with Gasteiger partial charge in [-0.3, -0.25) is 4.79 Å². The highest BCUT2D eigenvalue weighted by Crippen LogP contribution is 2.24. The summed E-state index contributed by atoms with van der Waals surface area (Å²) in [5.74, 6) is -1.51. The molecule has 0 bridgehead atoms. The molecule has 0 heterocycles. The molecule has 0 spiro atoms. The number of benzene rings is 2. The first-order valence-electron chi connectivity index (χ1n) is 6.27. The molecule has 0 aliphatic heterocycles. The second-order valence-electron chi connectivity index (χ2n) is 4.77. The zero-order chi connectivity index (χ0) is 15.6. The van der Waals surface area contributed by atoms with Gasteiger partial charge in [0.2, 0.25) is 0 Å². The van der Waals surface area contributed by atoms with Crippen molar-refractivity contribution in [2.24, 2.45) is 0 Å². The predicted octanol–water partition coefficient (Wildman–Crippen LogP) is 1.75. The third kappa shape index (κ3) is 3.41. The molecule has 2 aromatic rings. The molecule has 0 saturated heterocycles. The van der Waals surface area contributed by atoms with E-state index in [-0.39, 0.29) is 23.5 Å². The van der Waals surface area contributed by atoms with Gasteiger partial charge in [-0.2, -0.15) is 0 Å². The lowest BCUT2D eigenvalue weighted by Gasteiger charge is -2.13. The molecule has 0 radical (unpaired) electrons. The average Bonchev–Trinajstić information content (AvgIpc) is 2.42. The maximum atomic E-state index is 12.5. The van der Waals surface area contributed by atoms with Crippen molar-refractivity contribution in [1.29, 1.82) is 0 Å². The number of anilines is 1. The number of hydrogen-bond donors (Lipinski definition) is 1. The quantitative estimate of drug-likeness (QED) is 0.689. The van der Waals surface area contributed by atoms with Gasteiger partial charge in [-0.15, -0.1) is 0 Å². The van der Waals surface area contributed by atoms with E-state index in [1.807, 2.05) is 0 Å². The third-order valence-electron chi connectivity index (χ3n) is 3.10. The van der Waals surface area contributed by atoms with Gasteiger partial charge in [-0.05, 0) is 48.4 Å². The molecule has 2 aromatic carbocycles. The van der Waals surface area contributed by atoms with Crippen LogP contribution in [0.1, 0.15) is 27.0 Å². The van der Waals surface area contributed by atoms with E-state index in [1.165, 1.54) is 0 Å². The Balaban J connectivity index is 2.47. The van der Waals surface area contributed by atoms with Crippen molar-refractivity contribution in [2.75, 3.05) is 5.73 Å². The zero-order valence-electron chi connectivity index (χ0n) is 11.4. The second-order valence-corrected chi connectivity index (χ2v) is 5.21. The number of ketones is 1. The molecule has 0 aliphatic carbocycles. The Morgan fingerprint density at radius 3 is 2.38 bits per heavy atom. The first-order valence-corrected chi connectivity index (χ1v) is 6.65. The largest absolute Gasteiger partial charge is 0.550 e. The maximum Gasteiger partial charge on any atom is 0.195 e. The number of hydrogen-bond acceptors (Lipinski definition) is 4. The lowest BCUT2D eigenvalue weighted by Crippen LogP contribution is -2.25. The summed E-state index contributed by atoms with van der Waals surface area (Å²) >= 11 is 5.79. The van der Waals surface area contributed by atoms with E-state index in [9.17, 15) is 14.7 Å². The Bertz CT molecular complexity index is 708. The minimum absolute atomic E-state index is 0.171. The number of halogens is 1. The number of carboxylic acids is 1. The van der Waals surface area contributed by atoms with E-state index in [0.717, 1.165) is 5.56 Å². The van der Waals surface area contributed by atoms with Crippen LogP contribution >= 0.6 is 11.6 Å². The van der Waals surface area contributed by atoms with Gasteiger partial charge in [-0.1, -0.05) is 17.7 Å². The van der Waals surface area contributed by atoms with Gasteiger partial charge in [0.1, 0.15) is 0 Å². The van der Waals surface area contributed by atoms with Crippen LogP contribution in [0.25, 0.3) is 0 Å². The molecule has 0 aliphatic rings. The predicted molar refractivity (Wildman–Crippen MR) is 79.2 cm³/mol.